The predicted molar refractivity (Wildman–Crippen MR) is 57.8 cm³/mol. The zero-order valence-corrected chi connectivity index (χ0v) is 10.5. The van der Waals surface area contributed by atoms with Gasteiger partial charge in [-0.1, -0.05) is 0 Å². The molecule has 0 unspecified atom stereocenters. The second kappa shape index (κ2) is 5.47. The lowest BCUT2D eigenvalue weighted by Crippen LogP contribution is -2.33. The molecule has 0 amide bonds. The third-order valence-electron chi connectivity index (χ3n) is 2.03. The highest BCUT2D eigenvalue weighted by Crippen LogP contribution is 2.51. The van der Waals surface area contributed by atoms with Gasteiger partial charge in [0.15, 0.2) is 0 Å². The average Bonchev–Trinajstić information content (AvgIpc) is 2.11. The molecule has 0 rings (SSSR count). The molecule has 0 spiro atoms. The van der Waals surface area contributed by atoms with Crippen LogP contribution in [0.25, 0.3) is 0 Å². The third-order valence-corrected chi connectivity index (χ3v) is 5.21. The van der Waals surface area contributed by atoms with Crippen LogP contribution in [0, 0.1) is 11.3 Å². The monoisotopic (exact) mass is 218 g/mol. The molecule has 0 bridgehead atoms. The number of rotatable bonds is 5. The molecule has 0 N–H and O–H groups in total. The molecule has 82 valence electrons. The van der Waals surface area contributed by atoms with Crippen molar-refractivity contribution in [3.05, 3.63) is 0 Å². The fourth-order valence-corrected chi connectivity index (χ4v) is 3.61. The van der Waals surface area contributed by atoms with Gasteiger partial charge in [0.05, 0.1) is 6.07 Å². The Morgan fingerprint density at radius 2 is 1.57 bits per heavy atom. The minimum Gasteiger partial charge on any atom is -0.270 e. The van der Waals surface area contributed by atoms with Gasteiger partial charge in [0.25, 0.3) is 7.59 Å². The van der Waals surface area contributed by atoms with E-state index in [0.29, 0.717) is 13.0 Å². The molecule has 0 aliphatic carbocycles. The summed E-state index contributed by atoms with van der Waals surface area (Å²) in [5, 5.41) is 8.46. The smallest absolute Gasteiger partial charge is 0.270 e. The number of hydrogen-bond acceptors (Lipinski definition) is 2. The van der Waals surface area contributed by atoms with Gasteiger partial charge in [0.2, 0.25) is 0 Å². The quantitative estimate of drug-likeness (QED) is 0.646. The fourth-order valence-electron chi connectivity index (χ4n) is 1.31. The molecule has 0 atom stereocenters. The Morgan fingerprint density at radius 3 is 1.86 bits per heavy atom. The summed E-state index contributed by atoms with van der Waals surface area (Å²) < 4.78 is 17.6. The molecule has 0 saturated heterocycles. The van der Waals surface area contributed by atoms with Gasteiger partial charge >= 0.3 is 0 Å². The van der Waals surface area contributed by atoms with Gasteiger partial charge in [-0.2, -0.15) is 5.26 Å². The molecular formula is C8H19N4OP. The molecule has 0 aromatic rings. The van der Waals surface area contributed by atoms with Crippen LogP contribution in [0.3, 0.4) is 0 Å². The van der Waals surface area contributed by atoms with Crippen LogP contribution >= 0.6 is 7.59 Å². The summed E-state index contributed by atoms with van der Waals surface area (Å²) in [5.41, 5.74) is 0. The van der Waals surface area contributed by atoms with Gasteiger partial charge in [-0.15, -0.1) is 0 Å². The summed E-state index contributed by atoms with van der Waals surface area (Å²) in [6.07, 6.45) is 0.391. The average molecular weight is 218 g/mol. The van der Waals surface area contributed by atoms with Crippen molar-refractivity contribution in [1.29, 1.82) is 5.26 Å². The van der Waals surface area contributed by atoms with E-state index in [2.05, 4.69) is 0 Å². The largest absolute Gasteiger partial charge is 0.285 e. The minimum atomic E-state index is -2.64. The van der Waals surface area contributed by atoms with Gasteiger partial charge in [0.1, 0.15) is 0 Å². The van der Waals surface area contributed by atoms with Crippen molar-refractivity contribution in [2.45, 2.75) is 6.42 Å². The van der Waals surface area contributed by atoms with Crippen LogP contribution in [-0.4, -0.2) is 55.8 Å². The van der Waals surface area contributed by atoms with Crippen LogP contribution in [0.1, 0.15) is 6.42 Å². The number of nitriles is 1. The molecule has 0 heterocycles. The van der Waals surface area contributed by atoms with Gasteiger partial charge < -0.3 is 0 Å². The molecule has 0 saturated carbocycles. The molecule has 0 aromatic carbocycles. The zero-order valence-electron chi connectivity index (χ0n) is 9.56. The van der Waals surface area contributed by atoms with Crippen molar-refractivity contribution >= 4 is 7.59 Å². The van der Waals surface area contributed by atoms with E-state index in [1.807, 2.05) is 6.07 Å². The third kappa shape index (κ3) is 2.79. The van der Waals surface area contributed by atoms with Crippen molar-refractivity contribution in [1.82, 2.24) is 14.0 Å². The maximum atomic E-state index is 12.5. The molecule has 0 aliphatic heterocycles. The van der Waals surface area contributed by atoms with Crippen LogP contribution in [0.4, 0.5) is 0 Å². The Morgan fingerprint density at radius 1 is 1.14 bits per heavy atom. The Balaban J connectivity index is 4.68. The van der Waals surface area contributed by atoms with E-state index < -0.39 is 7.59 Å². The molecule has 0 radical (unpaired) electrons. The van der Waals surface area contributed by atoms with Crippen LogP contribution in [0.15, 0.2) is 0 Å². The number of nitrogens with zero attached hydrogens (tertiary/aromatic N) is 4. The molecule has 5 nitrogen and oxygen atoms in total. The fraction of sp³-hybridized carbons (Fsp3) is 0.875. The number of hydrogen-bond donors (Lipinski definition) is 0. The van der Waals surface area contributed by atoms with Crippen molar-refractivity contribution in [3.8, 4) is 6.07 Å². The van der Waals surface area contributed by atoms with Gasteiger partial charge in [0, 0.05) is 13.0 Å². The summed E-state index contributed by atoms with van der Waals surface area (Å²) in [6, 6.07) is 2.05. The first kappa shape index (κ1) is 13.6. The zero-order chi connectivity index (χ0) is 11.4. The predicted octanol–water partition coefficient (Wildman–Crippen LogP) is 1.06. The maximum Gasteiger partial charge on any atom is 0.285 e. The summed E-state index contributed by atoms with van der Waals surface area (Å²) in [6.45, 7) is 0.518. The van der Waals surface area contributed by atoms with E-state index in [4.69, 9.17) is 5.26 Å². The Kier molecular flexibility index (Phi) is 5.32. The SMILES string of the molecule is CN(C)P(=O)(N(C)C)N(C)CCC#N. The van der Waals surface area contributed by atoms with E-state index in [1.54, 1.807) is 49.2 Å². The lowest BCUT2D eigenvalue weighted by Gasteiger charge is -2.36. The Bertz CT molecular complexity index is 247. The van der Waals surface area contributed by atoms with Crippen LogP contribution in [-0.2, 0) is 4.57 Å². The highest BCUT2D eigenvalue weighted by Gasteiger charge is 2.32. The molecular weight excluding hydrogens is 199 g/mol. The molecule has 14 heavy (non-hydrogen) atoms. The highest BCUT2D eigenvalue weighted by atomic mass is 31.2. The van der Waals surface area contributed by atoms with E-state index in [9.17, 15) is 4.57 Å². The molecule has 0 aromatic heterocycles. The van der Waals surface area contributed by atoms with Crippen molar-refractivity contribution in [2.24, 2.45) is 0 Å². The molecule has 0 aliphatic rings. The van der Waals surface area contributed by atoms with Gasteiger partial charge in [-0.3, -0.25) is 4.57 Å². The van der Waals surface area contributed by atoms with E-state index in [1.165, 1.54) is 0 Å². The van der Waals surface area contributed by atoms with E-state index in [-0.39, 0.29) is 0 Å². The minimum absolute atomic E-state index is 0.391. The van der Waals surface area contributed by atoms with Crippen LogP contribution < -0.4 is 0 Å². The molecule has 6 heteroatoms. The van der Waals surface area contributed by atoms with Crippen molar-refractivity contribution in [2.75, 3.05) is 41.8 Å². The lowest BCUT2D eigenvalue weighted by atomic mass is 10.5. The Hall–Kier alpha value is -0.400. The van der Waals surface area contributed by atoms with Crippen molar-refractivity contribution < 1.29 is 4.57 Å². The topological polar surface area (TPSA) is 50.6 Å². The standard InChI is InChI=1S/C8H19N4OP/c1-10(2)14(13,11(3)4)12(5)8-6-7-9/h6,8H2,1-5H3. The maximum absolute atomic E-state index is 12.5. The second-order valence-electron chi connectivity index (χ2n) is 3.50. The molecule has 0 fully saturated rings. The van der Waals surface area contributed by atoms with Crippen molar-refractivity contribution in [3.63, 3.8) is 0 Å². The van der Waals surface area contributed by atoms with Gasteiger partial charge in [-0.05, 0) is 35.2 Å². The highest BCUT2D eigenvalue weighted by molar-refractivity contribution is 7.56. The first-order valence-electron chi connectivity index (χ1n) is 4.41. The summed E-state index contributed by atoms with van der Waals surface area (Å²) in [4.78, 5) is 0. The first-order chi connectivity index (χ1) is 6.37. The van der Waals surface area contributed by atoms with E-state index in [0.717, 1.165) is 0 Å². The second-order valence-corrected chi connectivity index (χ2v) is 6.81. The first-order valence-corrected chi connectivity index (χ1v) is 5.98. The van der Waals surface area contributed by atoms with E-state index >= 15 is 0 Å². The summed E-state index contributed by atoms with van der Waals surface area (Å²) in [5.74, 6) is 0. The van der Waals surface area contributed by atoms with Crippen LogP contribution in [0.2, 0.25) is 0 Å². The lowest BCUT2D eigenvalue weighted by molar-refractivity contribution is 0.361. The Labute approximate surface area is 86.4 Å². The van der Waals surface area contributed by atoms with Gasteiger partial charge in [-0.25, -0.2) is 14.0 Å². The van der Waals surface area contributed by atoms with Crippen LogP contribution in [0.5, 0.6) is 0 Å². The normalized spacial score (nSPS) is 12.5. The summed E-state index contributed by atoms with van der Waals surface area (Å²) >= 11 is 0. The summed E-state index contributed by atoms with van der Waals surface area (Å²) in [7, 11) is 6.27.